The highest BCUT2D eigenvalue weighted by atomic mass is 19.1. The molecule has 0 saturated carbocycles. The predicted molar refractivity (Wildman–Crippen MR) is 72.8 cm³/mol. The molecule has 0 fully saturated rings. The smallest absolute Gasteiger partial charge is 0.269 e. The number of aromatic amines is 1. The summed E-state index contributed by atoms with van der Waals surface area (Å²) in [6.07, 6.45) is 0. The van der Waals surface area contributed by atoms with E-state index < -0.39 is 0 Å². The Labute approximate surface area is 116 Å². The first kappa shape index (κ1) is 14.2. The Bertz CT molecular complexity index is 566. The lowest BCUT2D eigenvalue weighted by molar-refractivity contribution is 0.0917. The Kier molecular flexibility index (Phi) is 4.84. The van der Waals surface area contributed by atoms with E-state index in [4.69, 9.17) is 4.74 Å². The van der Waals surface area contributed by atoms with E-state index in [0.717, 1.165) is 5.56 Å². The van der Waals surface area contributed by atoms with E-state index in [1.54, 1.807) is 18.2 Å². The summed E-state index contributed by atoms with van der Waals surface area (Å²) in [6, 6.07) is 7.56. The van der Waals surface area contributed by atoms with E-state index >= 15 is 0 Å². The maximum absolute atomic E-state index is 12.8. The molecule has 0 saturated heterocycles. The van der Waals surface area contributed by atoms with Crippen molar-refractivity contribution in [2.45, 2.75) is 6.92 Å². The van der Waals surface area contributed by atoms with E-state index in [2.05, 4.69) is 15.5 Å². The topological polar surface area (TPSA) is 67.0 Å². The van der Waals surface area contributed by atoms with Gasteiger partial charge in [0.05, 0.1) is 12.3 Å². The van der Waals surface area contributed by atoms with Crippen LogP contribution in [-0.4, -0.2) is 35.9 Å². The van der Waals surface area contributed by atoms with Gasteiger partial charge in [0.2, 0.25) is 0 Å². The number of benzene rings is 1. The molecule has 2 aromatic rings. The molecule has 1 aromatic heterocycles. The van der Waals surface area contributed by atoms with Crippen LogP contribution < -0.4 is 5.32 Å². The van der Waals surface area contributed by atoms with Gasteiger partial charge in [-0.2, -0.15) is 5.10 Å². The molecule has 0 aliphatic carbocycles. The monoisotopic (exact) mass is 277 g/mol. The number of nitrogens with zero attached hydrogens (tertiary/aromatic N) is 1. The summed E-state index contributed by atoms with van der Waals surface area (Å²) in [7, 11) is 0. The summed E-state index contributed by atoms with van der Waals surface area (Å²) in [4.78, 5) is 11.8. The van der Waals surface area contributed by atoms with Gasteiger partial charge in [0.25, 0.3) is 5.91 Å². The zero-order chi connectivity index (χ0) is 14.4. The molecule has 20 heavy (non-hydrogen) atoms. The van der Waals surface area contributed by atoms with Crippen LogP contribution in [0.4, 0.5) is 4.39 Å². The van der Waals surface area contributed by atoms with Gasteiger partial charge in [-0.15, -0.1) is 0 Å². The van der Waals surface area contributed by atoms with Crippen LogP contribution in [-0.2, 0) is 4.74 Å². The Morgan fingerprint density at radius 2 is 2.15 bits per heavy atom. The number of halogens is 1. The van der Waals surface area contributed by atoms with Crippen molar-refractivity contribution in [2.24, 2.45) is 0 Å². The van der Waals surface area contributed by atoms with Crippen molar-refractivity contribution >= 4 is 5.91 Å². The van der Waals surface area contributed by atoms with Crippen LogP contribution in [0.5, 0.6) is 0 Å². The van der Waals surface area contributed by atoms with Gasteiger partial charge in [-0.05, 0) is 37.3 Å². The minimum Gasteiger partial charge on any atom is -0.380 e. The maximum Gasteiger partial charge on any atom is 0.269 e. The number of amides is 1. The molecule has 2 rings (SSSR count). The fourth-order valence-electron chi connectivity index (χ4n) is 1.68. The molecular weight excluding hydrogens is 261 g/mol. The molecular formula is C14H16FN3O2. The molecule has 0 bridgehead atoms. The number of ether oxygens (including phenoxy) is 1. The third-order valence-corrected chi connectivity index (χ3v) is 2.70. The zero-order valence-corrected chi connectivity index (χ0v) is 11.1. The van der Waals surface area contributed by atoms with Crippen LogP contribution >= 0.6 is 0 Å². The second-order valence-corrected chi connectivity index (χ2v) is 4.13. The van der Waals surface area contributed by atoms with Gasteiger partial charge in [0.1, 0.15) is 11.5 Å². The maximum atomic E-state index is 12.8. The lowest BCUT2D eigenvalue weighted by Crippen LogP contribution is -2.27. The number of rotatable bonds is 6. The largest absolute Gasteiger partial charge is 0.380 e. The van der Waals surface area contributed by atoms with Crippen molar-refractivity contribution < 1.29 is 13.9 Å². The Balaban J connectivity index is 1.98. The van der Waals surface area contributed by atoms with Crippen LogP contribution in [0.2, 0.25) is 0 Å². The SMILES string of the molecule is CCOCCNC(=O)c1cc(-c2ccc(F)cc2)n[nH]1. The molecule has 0 atom stereocenters. The van der Waals surface area contributed by atoms with Gasteiger partial charge in [-0.1, -0.05) is 0 Å². The summed E-state index contributed by atoms with van der Waals surface area (Å²) < 4.78 is 18.0. The number of hydrogen-bond acceptors (Lipinski definition) is 3. The molecule has 0 radical (unpaired) electrons. The molecule has 5 nitrogen and oxygen atoms in total. The first-order chi connectivity index (χ1) is 9.70. The summed E-state index contributed by atoms with van der Waals surface area (Å²) in [6.45, 7) is 3.43. The summed E-state index contributed by atoms with van der Waals surface area (Å²) in [5.41, 5.74) is 1.71. The fraction of sp³-hybridized carbons (Fsp3) is 0.286. The minimum absolute atomic E-state index is 0.245. The normalized spacial score (nSPS) is 10.5. The first-order valence-corrected chi connectivity index (χ1v) is 6.38. The van der Waals surface area contributed by atoms with E-state index in [9.17, 15) is 9.18 Å². The highest BCUT2D eigenvalue weighted by Gasteiger charge is 2.10. The van der Waals surface area contributed by atoms with Crippen molar-refractivity contribution in [1.82, 2.24) is 15.5 Å². The molecule has 1 aromatic carbocycles. The van der Waals surface area contributed by atoms with E-state index in [1.165, 1.54) is 12.1 Å². The Morgan fingerprint density at radius 1 is 1.40 bits per heavy atom. The highest BCUT2D eigenvalue weighted by Crippen LogP contribution is 2.17. The Morgan fingerprint density at radius 3 is 2.85 bits per heavy atom. The quantitative estimate of drug-likeness (QED) is 0.793. The second kappa shape index (κ2) is 6.81. The highest BCUT2D eigenvalue weighted by molar-refractivity contribution is 5.93. The van der Waals surface area contributed by atoms with Crippen LogP contribution in [0.3, 0.4) is 0 Å². The van der Waals surface area contributed by atoms with Gasteiger partial charge in [-0.3, -0.25) is 9.89 Å². The number of carbonyl (C=O) groups excluding carboxylic acids is 1. The predicted octanol–water partition coefficient (Wildman–Crippen LogP) is 1.98. The van der Waals surface area contributed by atoms with Crippen LogP contribution in [0, 0.1) is 5.82 Å². The first-order valence-electron chi connectivity index (χ1n) is 6.38. The summed E-state index contributed by atoms with van der Waals surface area (Å²) in [5.74, 6) is -0.552. The van der Waals surface area contributed by atoms with Crippen LogP contribution in [0.15, 0.2) is 30.3 Å². The second-order valence-electron chi connectivity index (χ2n) is 4.13. The van der Waals surface area contributed by atoms with E-state index in [-0.39, 0.29) is 11.7 Å². The van der Waals surface area contributed by atoms with Gasteiger partial charge >= 0.3 is 0 Å². The average molecular weight is 277 g/mol. The van der Waals surface area contributed by atoms with Crippen molar-refractivity contribution in [3.8, 4) is 11.3 Å². The molecule has 6 heteroatoms. The van der Waals surface area contributed by atoms with Gasteiger partial charge in [0.15, 0.2) is 0 Å². The zero-order valence-electron chi connectivity index (χ0n) is 11.1. The molecule has 1 amide bonds. The van der Waals surface area contributed by atoms with Gasteiger partial charge in [0, 0.05) is 18.7 Å². The molecule has 0 aliphatic heterocycles. The summed E-state index contributed by atoms with van der Waals surface area (Å²) >= 11 is 0. The van der Waals surface area contributed by atoms with E-state index in [1.807, 2.05) is 6.92 Å². The van der Waals surface area contributed by atoms with Gasteiger partial charge in [-0.25, -0.2) is 4.39 Å². The molecule has 1 heterocycles. The molecule has 0 unspecified atom stereocenters. The minimum atomic E-state index is -0.307. The molecule has 2 N–H and O–H groups in total. The van der Waals surface area contributed by atoms with Crippen LogP contribution in [0.1, 0.15) is 17.4 Å². The van der Waals surface area contributed by atoms with Crippen LogP contribution in [0.25, 0.3) is 11.3 Å². The molecule has 0 aliphatic rings. The number of aromatic nitrogens is 2. The number of carbonyl (C=O) groups is 1. The van der Waals surface area contributed by atoms with Crippen molar-refractivity contribution in [2.75, 3.05) is 19.8 Å². The third-order valence-electron chi connectivity index (χ3n) is 2.70. The number of hydrogen-bond donors (Lipinski definition) is 2. The lowest BCUT2D eigenvalue weighted by Gasteiger charge is -2.02. The van der Waals surface area contributed by atoms with E-state index in [0.29, 0.717) is 31.1 Å². The standard InChI is InChI=1S/C14H16FN3O2/c1-2-20-8-7-16-14(19)13-9-12(17-18-13)10-3-5-11(15)6-4-10/h3-6,9H,2,7-8H2,1H3,(H,16,19)(H,17,18). The van der Waals surface area contributed by atoms with Crippen molar-refractivity contribution in [1.29, 1.82) is 0 Å². The molecule has 106 valence electrons. The average Bonchev–Trinajstić information content (AvgIpc) is 2.94. The number of nitrogens with one attached hydrogen (secondary N) is 2. The molecule has 0 spiro atoms. The lowest BCUT2D eigenvalue weighted by atomic mass is 10.1. The Hall–Kier alpha value is -2.21. The van der Waals surface area contributed by atoms with Crippen molar-refractivity contribution in [3.63, 3.8) is 0 Å². The van der Waals surface area contributed by atoms with Gasteiger partial charge < -0.3 is 10.1 Å². The fourth-order valence-corrected chi connectivity index (χ4v) is 1.68. The van der Waals surface area contributed by atoms with Crippen molar-refractivity contribution in [3.05, 3.63) is 41.8 Å². The number of H-pyrrole nitrogens is 1. The third kappa shape index (κ3) is 3.64. The summed E-state index contributed by atoms with van der Waals surface area (Å²) in [5, 5.41) is 9.42.